The van der Waals surface area contributed by atoms with E-state index in [1.54, 1.807) is 13.8 Å². The molecule has 4 nitrogen and oxygen atoms in total. The summed E-state index contributed by atoms with van der Waals surface area (Å²) in [5.41, 5.74) is 0.175. The van der Waals surface area contributed by atoms with Gasteiger partial charge in [-0.2, -0.15) is 0 Å². The van der Waals surface area contributed by atoms with E-state index in [4.69, 9.17) is 4.74 Å². The summed E-state index contributed by atoms with van der Waals surface area (Å²) in [5.74, 6) is -0.414. The molecular formula is C15H22O4. The van der Waals surface area contributed by atoms with Gasteiger partial charge in [-0.25, -0.2) is 0 Å². The van der Waals surface area contributed by atoms with Crippen molar-refractivity contribution < 1.29 is 19.4 Å². The molecule has 0 aliphatic rings. The monoisotopic (exact) mass is 266 g/mol. The first-order chi connectivity index (χ1) is 8.98. The van der Waals surface area contributed by atoms with E-state index in [0.29, 0.717) is 19.6 Å². The first-order valence-electron chi connectivity index (χ1n) is 6.36. The van der Waals surface area contributed by atoms with Crippen molar-refractivity contribution in [2.75, 3.05) is 13.7 Å². The summed E-state index contributed by atoms with van der Waals surface area (Å²) in [6.45, 7) is 4.24. The van der Waals surface area contributed by atoms with Crippen LogP contribution in [0.4, 0.5) is 0 Å². The first kappa shape index (κ1) is 15.7. The van der Waals surface area contributed by atoms with E-state index >= 15 is 0 Å². The average Bonchev–Trinajstić information content (AvgIpc) is 2.43. The number of rotatable bonds is 7. The smallest absolute Gasteiger partial charge is 0.313 e. The van der Waals surface area contributed by atoms with Gasteiger partial charge in [-0.05, 0) is 25.8 Å². The molecule has 0 spiro atoms. The third-order valence-electron chi connectivity index (χ3n) is 3.19. The molecule has 0 fully saturated rings. The highest BCUT2D eigenvalue weighted by Gasteiger charge is 2.36. The van der Waals surface area contributed by atoms with E-state index in [1.807, 2.05) is 30.3 Å². The second-order valence-electron chi connectivity index (χ2n) is 5.06. The predicted octanol–water partition coefficient (Wildman–Crippen LogP) is 2.15. The third-order valence-corrected chi connectivity index (χ3v) is 3.19. The van der Waals surface area contributed by atoms with Crippen LogP contribution in [-0.2, 0) is 20.9 Å². The van der Waals surface area contributed by atoms with Crippen molar-refractivity contribution in [3.8, 4) is 0 Å². The van der Waals surface area contributed by atoms with Crippen LogP contribution in [0.15, 0.2) is 30.3 Å². The van der Waals surface area contributed by atoms with Crippen LogP contribution in [0.5, 0.6) is 0 Å². The fraction of sp³-hybridized carbons (Fsp3) is 0.533. The maximum atomic E-state index is 11.5. The number of methoxy groups -OCH3 is 1. The molecule has 0 bridgehead atoms. The van der Waals surface area contributed by atoms with Crippen molar-refractivity contribution >= 4 is 5.97 Å². The highest BCUT2D eigenvalue weighted by molar-refractivity contribution is 5.76. The Balaban J connectivity index is 2.31. The van der Waals surface area contributed by atoms with Crippen LogP contribution in [0.2, 0.25) is 0 Å². The van der Waals surface area contributed by atoms with Crippen LogP contribution in [0.1, 0.15) is 25.8 Å². The molecule has 0 radical (unpaired) electrons. The van der Waals surface area contributed by atoms with E-state index in [9.17, 15) is 9.90 Å². The van der Waals surface area contributed by atoms with Crippen molar-refractivity contribution in [3.63, 3.8) is 0 Å². The zero-order valence-electron chi connectivity index (χ0n) is 11.8. The quantitative estimate of drug-likeness (QED) is 0.607. The summed E-state index contributed by atoms with van der Waals surface area (Å²) in [7, 11) is 1.32. The highest BCUT2D eigenvalue weighted by atomic mass is 16.5. The Morgan fingerprint density at radius 1 is 1.32 bits per heavy atom. The van der Waals surface area contributed by atoms with Crippen molar-refractivity contribution in [2.24, 2.45) is 5.41 Å². The van der Waals surface area contributed by atoms with Gasteiger partial charge in [-0.3, -0.25) is 4.79 Å². The summed E-state index contributed by atoms with van der Waals surface area (Å²) in [6.07, 6.45) is -0.384. The Bertz CT molecular complexity index is 386. The molecule has 19 heavy (non-hydrogen) atoms. The lowest BCUT2D eigenvalue weighted by atomic mass is 9.85. The minimum atomic E-state index is -0.912. The van der Waals surface area contributed by atoms with Crippen molar-refractivity contribution in [1.29, 1.82) is 0 Å². The number of benzene rings is 1. The molecule has 1 aromatic carbocycles. The van der Waals surface area contributed by atoms with E-state index in [0.717, 1.165) is 5.56 Å². The lowest BCUT2D eigenvalue weighted by molar-refractivity contribution is -0.158. The number of hydrogen-bond donors (Lipinski definition) is 1. The van der Waals surface area contributed by atoms with Gasteiger partial charge < -0.3 is 14.6 Å². The van der Waals surface area contributed by atoms with Gasteiger partial charge in [-0.15, -0.1) is 0 Å². The van der Waals surface area contributed by atoms with Gasteiger partial charge in [0.2, 0.25) is 0 Å². The number of carbonyl (C=O) groups excluding carboxylic acids is 1. The minimum absolute atomic E-state index is 0.398. The van der Waals surface area contributed by atoms with Crippen LogP contribution in [0.25, 0.3) is 0 Å². The van der Waals surface area contributed by atoms with Gasteiger partial charge in [-0.1, -0.05) is 30.3 Å². The van der Waals surface area contributed by atoms with Gasteiger partial charge in [0.05, 0.1) is 25.2 Å². The van der Waals surface area contributed by atoms with Gasteiger partial charge in [0.25, 0.3) is 0 Å². The van der Waals surface area contributed by atoms with E-state index in [1.165, 1.54) is 7.11 Å². The normalized spacial score (nSPS) is 13.1. The Morgan fingerprint density at radius 3 is 2.53 bits per heavy atom. The zero-order valence-corrected chi connectivity index (χ0v) is 11.8. The SMILES string of the molecule is COC(=O)C(C)(C)[C@@H](O)CCOCc1ccccc1. The Morgan fingerprint density at radius 2 is 1.95 bits per heavy atom. The van der Waals surface area contributed by atoms with Crippen LogP contribution in [-0.4, -0.2) is 30.9 Å². The van der Waals surface area contributed by atoms with E-state index in [2.05, 4.69) is 4.74 Å². The number of esters is 1. The van der Waals surface area contributed by atoms with Gasteiger partial charge in [0, 0.05) is 6.61 Å². The van der Waals surface area contributed by atoms with Crippen LogP contribution in [0, 0.1) is 5.41 Å². The molecule has 0 saturated heterocycles. The van der Waals surface area contributed by atoms with Crippen molar-refractivity contribution in [2.45, 2.75) is 33.0 Å². The van der Waals surface area contributed by atoms with E-state index < -0.39 is 17.5 Å². The van der Waals surface area contributed by atoms with Gasteiger partial charge in [0.1, 0.15) is 0 Å². The molecule has 0 aliphatic heterocycles. The van der Waals surface area contributed by atoms with Gasteiger partial charge >= 0.3 is 5.97 Å². The summed E-state index contributed by atoms with van der Waals surface area (Å²) in [4.78, 5) is 11.5. The maximum Gasteiger partial charge on any atom is 0.313 e. The third kappa shape index (κ3) is 4.65. The fourth-order valence-corrected chi connectivity index (χ4v) is 1.72. The average molecular weight is 266 g/mol. The number of carbonyl (C=O) groups is 1. The topological polar surface area (TPSA) is 55.8 Å². The van der Waals surface area contributed by atoms with E-state index in [-0.39, 0.29) is 0 Å². The van der Waals surface area contributed by atoms with Crippen LogP contribution in [0.3, 0.4) is 0 Å². The Labute approximate surface area is 114 Å². The maximum absolute atomic E-state index is 11.5. The Kier molecular flexibility index (Phi) is 5.99. The lowest BCUT2D eigenvalue weighted by Gasteiger charge is -2.27. The number of hydrogen-bond acceptors (Lipinski definition) is 4. The molecule has 1 atom stereocenters. The molecule has 0 aromatic heterocycles. The number of ether oxygens (including phenoxy) is 2. The molecule has 0 aliphatic carbocycles. The molecule has 106 valence electrons. The molecule has 1 N–H and O–H groups in total. The number of aliphatic hydroxyl groups is 1. The summed E-state index contributed by atoms with van der Waals surface area (Å²) < 4.78 is 10.2. The standard InChI is InChI=1S/C15H22O4/c1-15(2,14(17)18-3)13(16)9-10-19-11-12-7-5-4-6-8-12/h4-8,13,16H,9-11H2,1-3H3/t13-/m0/s1. The Hall–Kier alpha value is -1.39. The molecular weight excluding hydrogens is 244 g/mol. The van der Waals surface area contributed by atoms with Gasteiger partial charge in [0.15, 0.2) is 0 Å². The zero-order chi connectivity index (χ0) is 14.3. The second kappa shape index (κ2) is 7.26. The highest BCUT2D eigenvalue weighted by Crippen LogP contribution is 2.24. The molecule has 1 rings (SSSR count). The van der Waals surface area contributed by atoms with Crippen molar-refractivity contribution in [3.05, 3.63) is 35.9 Å². The summed E-state index contributed by atoms with van der Waals surface area (Å²) >= 11 is 0. The molecule has 0 heterocycles. The summed E-state index contributed by atoms with van der Waals surface area (Å²) in [6, 6.07) is 9.82. The largest absolute Gasteiger partial charge is 0.469 e. The fourth-order valence-electron chi connectivity index (χ4n) is 1.72. The summed E-state index contributed by atoms with van der Waals surface area (Å²) in [5, 5.41) is 9.99. The molecule has 4 heteroatoms. The second-order valence-corrected chi connectivity index (χ2v) is 5.06. The predicted molar refractivity (Wildman–Crippen MR) is 72.5 cm³/mol. The van der Waals surface area contributed by atoms with Crippen molar-refractivity contribution in [1.82, 2.24) is 0 Å². The molecule has 0 unspecified atom stereocenters. The first-order valence-corrected chi connectivity index (χ1v) is 6.36. The van der Waals surface area contributed by atoms with Crippen LogP contribution >= 0.6 is 0 Å². The number of aliphatic hydroxyl groups excluding tert-OH is 1. The molecule has 0 saturated carbocycles. The minimum Gasteiger partial charge on any atom is -0.469 e. The molecule has 0 amide bonds. The van der Waals surface area contributed by atoms with Crippen LogP contribution < -0.4 is 0 Å². The lowest BCUT2D eigenvalue weighted by Crippen LogP contribution is -2.38. The molecule has 1 aromatic rings.